The van der Waals surface area contributed by atoms with Gasteiger partial charge in [-0.1, -0.05) is 29.8 Å². The molecule has 0 spiro atoms. The number of halogens is 1. The highest BCUT2D eigenvalue weighted by Gasteiger charge is 2.32. The molecule has 138 valence electrons. The second-order valence-corrected chi connectivity index (χ2v) is 6.26. The van der Waals surface area contributed by atoms with Gasteiger partial charge in [-0.15, -0.1) is 0 Å². The summed E-state index contributed by atoms with van der Waals surface area (Å²) < 4.78 is 0. The van der Waals surface area contributed by atoms with Crippen LogP contribution in [-0.4, -0.2) is 16.9 Å². The second kappa shape index (κ2) is 7.46. The quantitative estimate of drug-likeness (QED) is 0.551. The van der Waals surface area contributed by atoms with Crippen LogP contribution in [0.1, 0.15) is 18.5 Å². The van der Waals surface area contributed by atoms with Gasteiger partial charge < -0.3 is 16.0 Å². The van der Waals surface area contributed by atoms with Crippen LogP contribution in [0.4, 0.5) is 16.2 Å². The van der Waals surface area contributed by atoms with E-state index in [4.69, 9.17) is 11.6 Å². The summed E-state index contributed by atoms with van der Waals surface area (Å²) in [5.74, 6) is -0.459. The van der Waals surface area contributed by atoms with Gasteiger partial charge in [-0.05, 0) is 30.7 Å². The molecule has 9 heteroatoms. The molecular weight excluding hydrogens is 372 g/mol. The van der Waals surface area contributed by atoms with Gasteiger partial charge in [0.1, 0.15) is 0 Å². The van der Waals surface area contributed by atoms with Crippen LogP contribution in [-0.2, 0) is 4.79 Å². The smallest absolute Gasteiger partial charge is 0.319 e. The number of amides is 3. The first-order valence-corrected chi connectivity index (χ1v) is 8.33. The number of nitrogens with one attached hydrogen (secondary N) is 3. The third-order valence-electron chi connectivity index (χ3n) is 4.07. The Morgan fingerprint density at radius 3 is 2.48 bits per heavy atom. The van der Waals surface area contributed by atoms with E-state index in [-0.39, 0.29) is 5.69 Å². The Morgan fingerprint density at radius 2 is 1.85 bits per heavy atom. The second-order valence-electron chi connectivity index (χ2n) is 5.85. The number of nitrogens with zero attached hydrogens (tertiary/aromatic N) is 1. The van der Waals surface area contributed by atoms with Crippen LogP contribution in [0, 0.1) is 10.1 Å². The number of urea groups is 1. The highest BCUT2D eigenvalue weighted by atomic mass is 35.5. The number of non-ortho nitro benzene ring substituents is 1. The molecule has 0 saturated carbocycles. The number of benzene rings is 2. The SMILES string of the molecule is CC1=C(C(=O)Nc2ccc([N+](=O)[O-])cc2)[C@H](c2ccccc2Cl)NC(=O)N1. The molecule has 3 rings (SSSR count). The zero-order valence-electron chi connectivity index (χ0n) is 14.2. The van der Waals surface area contributed by atoms with Crippen molar-refractivity contribution in [2.45, 2.75) is 13.0 Å². The molecule has 1 heterocycles. The van der Waals surface area contributed by atoms with Crippen molar-refractivity contribution in [2.24, 2.45) is 0 Å². The molecule has 2 aromatic carbocycles. The maximum atomic E-state index is 12.9. The summed E-state index contributed by atoms with van der Waals surface area (Å²) in [4.78, 5) is 35.0. The number of hydrogen-bond acceptors (Lipinski definition) is 4. The van der Waals surface area contributed by atoms with Crippen molar-refractivity contribution in [1.29, 1.82) is 0 Å². The topological polar surface area (TPSA) is 113 Å². The summed E-state index contributed by atoms with van der Waals surface area (Å²) in [6, 6.07) is 11.2. The summed E-state index contributed by atoms with van der Waals surface area (Å²) in [7, 11) is 0. The molecule has 0 aliphatic carbocycles. The first kappa shape index (κ1) is 18.4. The number of hydrogen-bond donors (Lipinski definition) is 3. The molecule has 0 aromatic heterocycles. The van der Waals surface area contributed by atoms with Gasteiger partial charge in [0.15, 0.2) is 0 Å². The minimum absolute atomic E-state index is 0.0797. The monoisotopic (exact) mass is 386 g/mol. The van der Waals surface area contributed by atoms with E-state index >= 15 is 0 Å². The molecule has 0 fully saturated rings. The van der Waals surface area contributed by atoms with E-state index in [0.29, 0.717) is 27.5 Å². The Bertz CT molecular complexity index is 956. The number of nitro groups is 1. The van der Waals surface area contributed by atoms with E-state index < -0.39 is 22.9 Å². The molecule has 1 aliphatic rings. The molecule has 1 atom stereocenters. The Hall–Kier alpha value is -3.39. The Morgan fingerprint density at radius 1 is 1.19 bits per heavy atom. The van der Waals surface area contributed by atoms with Crippen molar-refractivity contribution >= 4 is 34.9 Å². The minimum Gasteiger partial charge on any atom is -0.327 e. The fraction of sp³-hybridized carbons (Fsp3) is 0.111. The lowest BCUT2D eigenvalue weighted by molar-refractivity contribution is -0.384. The van der Waals surface area contributed by atoms with Crippen LogP contribution >= 0.6 is 11.6 Å². The normalized spacial score (nSPS) is 16.4. The number of carbonyl (C=O) groups is 2. The fourth-order valence-electron chi connectivity index (χ4n) is 2.80. The predicted molar refractivity (Wildman–Crippen MR) is 100 cm³/mol. The Kier molecular flexibility index (Phi) is 5.09. The molecule has 0 saturated heterocycles. The van der Waals surface area contributed by atoms with Gasteiger partial charge in [-0.25, -0.2) is 4.79 Å². The molecule has 1 aliphatic heterocycles. The molecule has 8 nitrogen and oxygen atoms in total. The van der Waals surface area contributed by atoms with Gasteiger partial charge in [0.05, 0.1) is 16.5 Å². The predicted octanol–water partition coefficient (Wildman–Crippen LogP) is 3.51. The Labute approximate surface area is 159 Å². The van der Waals surface area contributed by atoms with Crippen LogP contribution in [0.15, 0.2) is 59.8 Å². The van der Waals surface area contributed by atoms with E-state index in [9.17, 15) is 19.7 Å². The average molecular weight is 387 g/mol. The number of allylic oxidation sites excluding steroid dienone is 1. The van der Waals surface area contributed by atoms with Gasteiger partial charge in [0.25, 0.3) is 11.6 Å². The molecule has 3 N–H and O–H groups in total. The first-order valence-electron chi connectivity index (χ1n) is 7.95. The summed E-state index contributed by atoms with van der Waals surface area (Å²) in [6.45, 7) is 1.62. The third-order valence-corrected chi connectivity index (χ3v) is 4.41. The minimum atomic E-state index is -0.731. The van der Waals surface area contributed by atoms with Crippen molar-refractivity contribution < 1.29 is 14.5 Å². The zero-order chi connectivity index (χ0) is 19.6. The first-order chi connectivity index (χ1) is 12.9. The Balaban J connectivity index is 1.92. The standard InChI is InChI=1S/C18H15ClN4O4/c1-10-15(17(24)21-11-6-8-12(9-7-11)23(26)27)16(22-18(25)20-10)13-4-2-3-5-14(13)19/h2-9,16H,1H3,(H,21,24)(H2,20,22,25)/t16-/m0/s1. The zero-order valence-corrected chi connectivity index (χ0v) is 14.9. The largest absolute Gasteiger partial charge is 0.327 e. The lowest BCUT2D eigenvalue weighted by atomic mass is 9.94. The maximum Gasteiger partial charge on any atom is 0.319 e. The van der Waals surface area contributed by atoms with Crippen molar-refractivity contribution in [3.63, 3.8) is 0 Å². The number of nitro benzene ring substituents is 1. The van der Waals surface area contributed by atoms with Crippen LogP contribution < -0.4 is 16.0 Å². The highest BCUT2D eigenvalue weighted by Crippen LogP contribution is 2.32. The maximum absolute atomic E-state index is 12.9. The molecule has 3 amide bonds. The van der Waals surface area contributed by atoms with Crippen molar-refractivity contribution in [1.82, 2.24) is 10.6 Å². The van der Waals surface area contributed by atoms with Crippen LogP contribution in [0.25, 0.3) is 0 Å². The molecule has 0 bridgehead atoms. The van der Waals surface area contributed by atoms with Gasteiger partial charge in [0, 0.05) is 28.5 Å². The fourth-order valence-corrected chi connectivity index (χ4v) is 3.05. The van der Waals surface area contributed by atoms with E-state index in [2.05, 4.69) is 16.0 Å². The molecule has 2 aromatic rings. The van der Waals surface area contributed by atoms with E-state index in [0.717, 1.165) is 0 Å². The van der Waals surface area contributed by atoms with Crippen LogP contribution in [0.5, 0.6) is 0 Å². The van der Waals surface area contributed by atoms with Gasteiger partial charge in [-0.3, -0.25) is 14.9 Å². The summed E-state index contributed by atoms with van der Waals surface area (Å²) in [5, 5.41) is 19.1. The van der Waals surface area contributed by atoms with Gasteiger partial charge >= 0.3 is 6.03 Å². The van der Waals surface area contributed by atoms with Gasteiger partial charge in [0.2, 0.25) is 0 Å². The van der Waals surface area contributed by atoms with Gasteiger partial charge in [-0.2, -0.15) is 0 Å². The van der Waals surface area contributed by atoms with E-state index in [1.54, 1.807) is 31.2 Å². The van der Waals surface area contributed by atoms with Crippen LogP contribution in [0.2, 0.25) is 5.02 Å². The summed E-state index contributed by atoms with van der Waals surface area (Å²) >= 11 is 6.24. The molecular formula is C18H15ClN4O4. The number of carbonyl (C=O) groups excluding carboxylic acids is 2. The molecule has 27 heavy (non-hydrogen) atoms. The summed E-state index contributed by atoms with van der Waals surface area (Å²) in [5.41, 5.74) is 1.58. The van der Waals surface area contributed by atoms with Crippen molar-refractivity contribution in [2.75, 3.05) is 5.32 Å². The molecule has 0 radical (unpaired) electrons. The average Bonchev–Trinajstić information content (AvgIpc) is 2.61. The lowest BCUT2D eigenvalue weighted by Gasteiger charge is -2.29. The molecule has 0 unspecified atom stereocenters. The lowest BCUT2D eigenvalue weighted by Crippen LogP contribution is -2.46. The number of rotatable bonds is 4. The van der Waals surface area contributed by atoms with Crippen molar-refractivity contribution in [3.8, 4) is 0 Å². The third kappa shape index (κ3) is 3.90. The highest BCUT2D eigenvalue weighted by molar-refractivity contribution is 6.31. The van der Waals surface area contributed by atoms with Crippen molar-refractivity contribution in [3.05, 3.63) is 80.5 Å². The van der Waals surface area contributed by atoms with E-state index in [1.807, 2.05) is 0 Å². The summed E-state index contributed by atoms with van der Waals surface area (Å²) in [6.07, 6.45) is 0. The van der Waals surface area contributed by atoms with E-state index in [1.165, 1.54) is 24.3 Å². The number of anilines is 1. The van der Waals surface area contributed by atoms with Crippen LogP contribution in [0.3, 0.4) is 0 Å².